The van der Waals surface area contributed by atoms with Crippen LogP contribution in [-0.2, 0) is 0 Å². The van der Waals surface area contributed by atoms with Crippen LogP contribution in [-0.4, -0.2) is 10.8 Å². The summed E-state index contributed by atoms with van der Waals surface area (Å²) in [5.74, 6) is -1.22. The Morgan fingerprint density at radius 3 is 2.21 bits per heavy atom. The summed E-state index contributed by atoms with van der Waals surface area (Å²) in [7, 11) is 0. The lowest BCUT2D eigenvalue weighted by atomic mass is 9.99. The Labute approximate surface area is 153 Å². The summed E-state index contributed by atoms with van der Waals surface area (Å²) in [5.41, 5.74) is 2.04. The highest BCUT2D eigenvalue weighted by molar-refractivity contribution is 7.10. The molecule has 1 unspecified atom stereocenters. The van der Waals surface area contributed by atoms with E-state index in [1.54, 1.807) is 36.4 Å². The van der Waals surface area contributed by atoms with Crippen molar-refractivity contribution in [2.45, 2.75) is 5.92 Å². The minimum Gasteiger partial charge on any atom is -0.292 e. The first-order chi connectivity index (χ1) is 11.6. The molecule has 0 aliphatic heterocycles. The quantitative estimate of drug-likeness (QED) is 0.559. The van der Waals surface area contributed by atoms with E-state index >= 15 is 0 Å². The van der Waals surface area contributed by atoms with Crippen LogP contribution in [0.25, 0.3) is 11.3 Å². The SMILES string of the molecule is N#CC(C(=O)c1ccc(Cl)cc1)c1nc(-c2ccc(Cl)cc2)cs1. The number of Topliss-reactive ketones (excluding diaryl/α,β-unsaturated/α-hetero) is 1. The molecule has 24 heavy (non-hydrogen) atoms. The molecule has 3 rings (SSSR count). The number of carbonyl (C=O) groups excluding carboxylic acids is 1. The van der Waals surface area contributed by atoms with Crippen molar-refractivity contribution in [1.82, 2.24) is 4.98 Å². The third-order valence-corrected chi connectivity index (χ3v) is 4.84. The van der Waals surface area contributed by atoms with Gasteiger partial charge in [0.15, 0.2) is 11.7 Å². The molecule has 0 saturated carbocycles. The van der Waals surface area contributed by atoms with Gasteiger partial charge in [-0.15, -0.1) is 11.3 Å². The third kappa shape index (κ3) is 3.49. The lowest BCUT2D eigenvalue weighted by Crippen LogP contribution is -2.11. The number of hydrogen-bond donors (Lipinski definition) is 0. The standard InChI is InChI=1S/C18H10Cl2N2OS/c19-13-5-1-11(2-6-13)16-10-24-18(22-16)15(9-21)17(23)12-3-7-14(20)8-4-12/h1-8,10,15H. The number of nitrogens with zero attached hydrogens (tertiary/aromatic N) is 2. The number of carbonyl (C=O) groups is 1. The molecule has 3 aromatic rings. The van der Waals surface area contributed by atoms with Gasteiger partial charge in [0.1, 0.15) is 5.01 Å². The zero-order valence-corrected chi connectivity index (χ0v) is 14.6. The monoisotopic (exact) mass is 372 g/mol. The van der Waals surface area contributed by atoms with Crippen molar-refractivity contribution < 1.29 is 4.79 Å². The van der Waals surface area contributed by atoms with Crippen LogP contribution in [0.15, 0.2) is 53.9 Å². The molecule has 0 N–H and O–H groups in total. The van der Waals surface area contributed by atoms with E-state index in [-0.39, 0.29) is 5.78 Å². The molecule has 118 valence electrons. The van der Waals surface area contributed by atoms with Gasteiger partial charge in [0.2, 0.25) is 0 Å². The predicted molar refractivity (Wildman–Crippen MR) is 96.7 cm³/mol. The van der Waals surface area contributed by atoms with Crippen molar-refractivity contribution in [3.63, 3.8) is 0 Å². The summed E-state index contributed by atoms with van der Waals surface area (Å²) in [5, 5.41) is 12.9. The summed E-state index contributed by atoms with van der Waals surface area (Å²) >= 11 is 13.0. The highest BCUT2D eigenvalue weighted by Crippen LogP contribution is 2.29. The van der Waals surface area contributed by atoms with Crippen LogP contribution in [0.5, 0.6) is 0 Å². The lowest BCUT2D eigenvalue weighted by Gasteiger charge is -2.05. The van der Waals surface area contributed by atoms with Crippen LogP contribution in [0.1, 0.15) is 21.3 Å². The maximum absolute atomic E-state index is 12.6. The van der Waals surface area contributed by atoms with Gasteiger partial charge in [-0.2, -0.15) is 5.26 Å². The van der Waals surface area contributed by atoms with E-state index in [9.17, 15) is 10.1 Å². The van der Waals surface area contributed by atoms with Gasteiger partial charge in [0.25, 0.3) is 0 Å². The molecule has 1 atom stereocenters. The molecule has 1 aromatic heterocycles. The molecule has 2 aromatic carbocycles. The van der Waals surface area contributed by atoms with Gasteiger partial charge in [-0.05, 0) is 36.4 Å². The van der Waals surface area contributed by atoms with Crippen molar-refractivity contribution in [2.75, 3.05) is 0 Å². The Morgan fingerprint density at radius 1 is 1.04 bits per heavy atom. The number of nitriles is 1. The van der Waals surface area contributed by atoms with E-state index in [2.05, 4.69) is 4.98 Å². The topological polar surface area (TPSA) is 53.8 Å². The first-order valence-electron chi connectivity index (χ1n) is 6.99. The summed E-state index contributed by atoms with van der Waals surface area (Å²) in [6.07, 6.45) is 0. The Morgan fingerprint density at radius 2 is 1.62 bits per heavy atom. The Kier molecular flexibility index (Phi) is 4.96. The summed E-state index contributed by atoms with van der Waals surface area (Å²) in [6.45, 7) is 0. The zero-order valence-electron chi connectivity index (χ0n) is 12.2. The maximum Gasteiger partial charge on any atom is 0.186 e. The molecule has 0 fully saturated rings. The average Bonchev–Trinajstić information content (AvgIpc) is 3.06. The van der Waals surface area contributed by atoms with Crippen molar-refractivity contribution in [3.8, 4) is 17.3 Å². The number of ketones is 1. The molecule has 0 aliphatic carbocycles. The van der Waals surface area contributed by atoms with Gasteiger partial charge in [-0.25, -0.2) is 4.98 Å². The van der Waals surface area contributed by atoms with Crippen LogP contribution in [0.2, 0.25) is 10.0 Å². The number of aromatic nitrogens is 1. The molecular formula is C18H10Cl2N2OS. The summed E-state index contributed by atoms with van der Waals surface area (Å²) in [4.78, 5) is 17.0. The Hall–Kier alpha value is -2.19. The van der Waals surface area contributed by atoms with Gasteiger partial charge in [0, 0.05) is 26.6 Å². The van der Waals surface area contributed by atoms with E-state index in [0.29, 0.717) is 20.6 Å². The smallest absolute Gasteiger partial charge is 0.186 e. The normalized spacial score (nSPS) is 11.7. The number of thiazole rings is 1. The molecule has 6 heteroatoms. The Balaban J connectivity index is 1.89. The molecule has 0 radical (unpaired) electrons. The third-order valence-electron chi connectivity index (χ3n) is 3.43. The molecule has 0 spiro atoms. The first kappa shape index (κ1) is 16.7. The van der Waals surface area contributed by atoms with Crippen LogP contribution in [0.3, 0.4) is 0 Å². The second kappa shape index (κ2) is 7.14. The van der Waals surface area contributed by atoms with E-state index < -0.39 is 5.92 Å². The molecule has 0 aliphatic rings. The highest BCUT2D eigenvalue weighted by atomic mass is 35.5. The second-order valence-corrected chi connectivity index (χ2v) is 6.77. The molecule has 3 nitrogen and oxygen atoms in total. The molecule has 1 heterocycles. The van der Waals surface area contributed by atoms with Gasteiger partial charge >= 0.3 is 0 Å². The zero-order chi connectivity index (χ0) is 17.1. The van der Waals surface area contributed by atoms with Crippen LogP contribution in [0.4, 0.5) is 0 Å². The molecule has 0 saturated heterocycles. The first-order valence-corrected chi connectivity index (χ1v) is 8.63. The number of benzene rings is 2. The maximum atomic E-state index is 12.6. The number of halogens is 2. The summed E-state index contributed by atoms with van der Waals surface area (Å²) in [6, 6.07) is 15.8. The van der Waals surface area contributed by atoms with Crippen molar-refractivity contribution in [2.24, 2.45) is 0 Å². The number of rotatable bonds is 4. The van der Waals surface area contributed by atoms with E-state index in [1.807, 2.05) is 23.6 Å². The fraction of sp³-hybridized carbons (Fsp3) is 0.0556. The predicted octanol–water partition coefficient (Wildman–Crippen LogP) is 5.61. The van der Waals surface area contributed by atoms with Gasteiger partial charge in [-0.3, -0.25) is 4.79 Å². The van der Waals surface area contributed by atoms with E-state index in [4.69, 9.17) is 23.2 Å². The lowest BCUT2D eigenvalue weighted by molar-refractivity contribution is 0.0979. The van der Waals surface area contributed by atoms with Crippen LogP contribution >= 0.6 is 34.5 Å². The van der Waals surface area contributed by atoms with Gasteiger partial charge in [0.05, 0.1) is 11.8 Å². The van der Waals surface area contributed by atoms with E-state index in [0.717, 1.165) is 11.3 Å². The van der Waals surface area contributed by atoms with Crippen LogP contribution < -0.4 is 0 Å². The fourth-order valence-electron chi connectivity index (χ4n) is 2.18. The Bertz CT molecular complexity index is 911. The largest absolute Gasteiger partial charge is 0.292 e. The molecule has 0 bridgehead atoms. The number of hydrogen-bond acceptors (Lipinski definition) is 4. The van der Waals surface area contributed by atoms with Crippen molar-refractivity contribution >= 4 is 40.3 Å². The average molecular weight is 373 g/mol. The molecule has 0 amide bonds. The fourth-order valence-corrected chi connectivity index (χ4v) is 3.30. The van der Waals surface area contributed by atoms with E-state index in [1.165, 1.54) is 11.3 Å². The highest BCUT2D eigenvalue weighted by Gasteiger charge is 2.25. The minimum atomic E-state index is -0.933. The van der Waals surface area contributed by atoms with Gasteiger partial charge in [-0.1, -0.05) is 35.3 Å². The summed E-state index contributed by atoms with van der Waals surface area (Å²) < 4.78 is 0. The van der Waals surface area contributed by atoms with Crippen molar-refractivity contribution in [3.05, 3.63) is 74.5 Å². The van der Waals surface area contributed by atoms with Gasteiger partial charge < -0.3 is 0 Å². The minimum absolute atomic E-state index is 0.286. The second-order valence-electron chi connectivity index (χ2n) is 5.01. The molecular weight excluding hydrogens is 363 g/mol. The van der Waals surface area contributed by atoms with Crippen LogP contribution in [0, 0.1) is 11.3 Å². The van der Waals surface area contributed by atoms with Crippen molar-refractivity contribution in [1.29, 1.82) is 5.26 Å².